The fraction of sp³-hybridized carbons (Fsp3) is 0.308. The van der Waals surface area contributed by atoms with Crippen molar-refractivity contribution >= 4 is 15.9 Å². The van der Waals surface area contributed by atoms with Crippen LogP contribution in [0.2, 0.25) is 0 Å². The van der Waals surface area contributed by atoms with Crippen LogP contribution in [-0.4, -0.2) is 11.0 Å². The van der Waals surface area contributed by atoms with Crippen LogP contribution in [0.1, 0.15) is 24.5 Å². The third-order valence-electron chi connectivity index (χ3n) is 2.46. The Kier molecular flexibility index (Phi) is 4.04. The van der Waals surface area contributed by atoms with Gasteiger partial charge in [0, 0.05) is 16.7 Å². The minimum Gasteiger partial charge on any atom is -0.479 e. The fourth-order valence-electron chi connectivity index (χ4n) is 1.63. The molecule has 2 N–H and O–H groups in total. The van der Waals surface area contributed by atoms with Gasteiger partial charge in [0.2, 0.25) is 0 Å². The molecule has 18 heavy (non-hydrogen) atoms. The van der Waals surface area contributed by atoms with E-state index in [9.17, 15) is 0 Å². The predicted octanol–water partition coefficient (Wildman–Crippen LogP) is 3.21. The highest BCUT2D eigenvalue weighted by atomic mass is 79.9. The SMILES string of the molecule is Cc1ccc(C(Oc2cncc(Br)c2)C(C)N)o1. The zero-order valence-electron chi connectivity index (χ0n) is 10.3. The van der Waals surface area contributed by atoms with E-state index in [1.807, 2.05) is 32.0 Å². The second-order valence-corrected chi connectivity index (χ2v) is 5.10. The number of ether oxygens (including phenoxy) is 1. The van der Waals surface area contributed by atoms with Gasteiger partial charge in [0.05, 0.1) is 6.20 Å². The molecule has 96 valence electrons. The molecule has 0 aliphatic heterocycles. The number of aromatic nitrogens is 1. The standard InChI is InChI=1S/C13H15BrN2O2/c1-8-3-4-12(17-8)13(9(2)15)18-11-5-10(14)6-16-7-11/h3-7,9,13H,15H2,1-2H3. The highest BCUT2D eigenvalue weighted by Crippen LogP contribution is 2.26. The fourth-order valence-corrected chi connectivity index (χ4v) is 1.98. The van der Waals surface area contributed by atoms with Crippen molar-refractivity contribution in [3.63, 3.8) is 0 Å². The van der Waals surface area contributed by atoms with E-state index in [2.05, 4.69) is 20.9 Å². The molecule has 0 bridgehead atoms. The lowest BCUT2D eigenvalue weighted by Gasteiger charge is -2.20. The molecule has 0 spiro atoms. The minimum atomic E-state index is -0.324. The number of hydrogen-bond donors (Lipinski definition) is 1. The van der Waals surface area contributed by atoms with Gasteiger partial charge in [0.15, 0.2) is 6.10 Å². The Labute approximate surface area is 114 Å². The molecular weight excluding hydrogens is 296 g/mol. The van der Waals surface area contributed by atoms with E-state index >= 15 is 0 Å². The van der Waals surface area contributed by atoms with E-state index in [4.69, 9.17) is 14.9 Å². The maximum absolute atomic E-state index is 5.95. The molecule has 2 heterocycles. The van der Waals surface area contributed by atoms with Gasteiger partial charge < -0.3 is 14.9 Å². The maximum Gasteiger partial charge on any atom is 0.171 e. The molecule has 0 aromatic carbocycles. The summed E-state index contributed by atoms with van der Waals surface area (Å²) in [5.74, 6) is 2.22. The Morgan fingerprint density at radius 2 is 2.17 bits per heavy atom. The molecule has 0 fully saturated rings. The number of halogens is 1. The maximum atomic E-state index is 5.95. The van der Waals surface area contributed by atoms with Crippen molar-refractivity contribution in [1.29, 1.82) is 0 Å². The Balaban J connectivity index is 2.22. The first-order valence-electron chi connectivity index (χ1n) is 5.65. The first-order chi connectivity index (χ1) is 8.56. The molecule has 2 aromatic rings. The van der Waals surface area contributed by atoms with Crippen LogP contribution < -0.4 is 10.5 Å². The van der Waals surface area contributed by atoms with Crippen molar-refractivity contribution < 1.29 is 9.15 Å². The predicted molar refractivity (Wildman–Crippen MR) is 72.4 cm³/mol. The summed E-state index contributed by atoms with van der Waals surface area (Å²) in [5, 5.41) is 0. The molecule has 0 amide bonds. The van der Waals surface area contributed by atoms with Gasteiger partial charge >= 0.3 is 0 Å². The summed E-state index contributed by atoms with van der Waals surface area (Å²) in [6, 6.07) is 5.44. The summed E-state index contributed by atoms with van der Waals surface area (Å²) in [6.45, 7) is 3.77. The number of pyridine rings is 1. The summed E-state index contributed by atoms with van der Waals surface area (Å²) in [5.41, 5.74) is 5.95. The smallest absolute Gasteiger partial charge is 0.171 e. The first kappa shape index (κ1) is 13.1. The van der Waals surface area contributed by atoms with Crippen LogP contribution in [0.5, 0.6) is 5.75 Å². The molecule has 0 aliphatic rings. The molecule has 2 rings (SSSR count). The highest BCUT2D eigenvalue weighted by Gasteiger charge is 2.21. The van der Waals surface area contributed by atoms with Gasteiger partial charge in [0.25, 0.3) is 0 Å². The third-order valence-corrected chi connectivity index (χ3v) is 2.90. The zero-order chi connectivity index (χ0) is 13.1. The van der Waals surface area contributed by atoms with E-state index < -0.39 is 0 Å². The highest BCUT2D eigenvalue weighted by molar-refractivity contribution is 9.10. The van der Waals surface area contributed by atoms with Crippen molar-refractivity contribution in [1.82, 2.24) is 4.98 Å². The van der Waals surface area contributed by atoms with E-state index in [0.29, 0.717) is 5.75 Å². The Morgan fingerprint density at radius 3 is 2.72 bits per heavy atom. The normalized spacial score (nSPS) is 14.2. The lowest BCUT2D eigenvalue weighted by atomic mass is 10.1. The summed E-state index contributed by atoms with van der Waals surface area (Å²) < 4.78 is 12.3. The van der Waals surface area contributed by atoms with E-state index in [-0.39, 0.29) is 12.1 Å². The lowest BCUT2D eigenvalue weighted by Crippen LogP contribution is -2.28. The van der Waals surface area contributed by atoms with Crippen LogP contribution >= 0.6 is 15.9 Å². The van der Waals surface area contributed by atoms with Crippen molar-refractivity contribution in [3.05, 3.63) is 46.6 Å². The van der Waals surface area contributed by atoms with Gasteiger partial charge in [-0.25, -0.2) is 0 Å². The Hall–Kier alpha value is -1.33. The van der Waals surface area contributed by atoms with Gasteiger partial charge in [-0.05, 0) is 48.0 Å². The van der Waals surface area contributed by atoms with E-state index in [0.717, 1.165) is 16.0 Å². The number of nitrogens with two attached hydrogens (primary N) is 1. The molecule has 0 radical (unpaired) electrons. The number of aryl methyl sites for hydroxylation is 1. The van der Waals surface area contributed by atoms with Crippen LogP contribution in [0.4, 0.5) is 0 Å². The lowest BCUT2D eigenvalue weighted by molar-refractivity contribution is 0.151. The number of rotatable bonds is 4. The average Bonchev–Trinajstić information content (AvgIpc) is 2.72. The van der Waals surface area contributed by atoms with Crippen molar-refractivity contribution in [2.75, 3.05) is 0 Å². The number of hydrogen-bond acceptors (Lipinski definition) is 4. The van der Waals surface area contributed by atoms with Gasteiger partial charge in [0.1, 0.15) is 17.3 Å². The van der Waals surface area contributed by atoms with Crippen molar-refractivity contribution in [3.8, 4) is 5.75 Å². The topological polar surface area (TPSA) is 61.3 Å². The quantitative estimate of drug-likeness (QED) is 0.942. The minimum absolute atomic E-state index is 0.186. The average molecular weight is 311 g/mol. The number of furan rings is 1. The van der Waals surface area contributed by atoms with Crippen LogP contribution in [0.25, 0.3) is 0 Å². The number of nitrogens with zero attached hydrogens (tertiary/aromatic N) is 1. The van der Waals surface area contributed by atoms with Crippen molar-refractivity contribution in [2.24, 2.45) is 5.73 Å². The summed E-state index contributed by atoms with van der Waals surface area (Å²) in [4.78, 5) is 4.05. The van der Waals surface area contributed by atoms with Crippen molar-refractivity contribution in [2.45, 2.75) is 26.0 Å². The third kappa shape index (κ3) is 3.11. The second kappa shape index (κ2) is 5.54. The monoisotopic (exact) mass is 310 g/mol. The van der Waals surface area contributed by atoms with Gasteiger partial charge in [-0.2, -0.15) is 0 Å². The Morgan fingerprint density at radius 1 is 1.39 bits per heavy atom. The molecule has 2 atom stereocenters. The second-order valence-electron chi connectivity index (χ2n) is 4.18. The zero-order valence-corrected chi connectivity index (χ0v) is 11.8. The van der Waals surface area contributed by atoms with Gasteiger partial charge in [-0.3, -0.25) is 4.98 Å². The van der Waals surface area contributed by atoms with Crippen LogP contribution in [0.15, 0.2) is 39.5 Å². The molecule has 0 saturated carbocycles. The van der Waals surface area contributed by atoms with E-state index in [1.165, 1.54) is 0 Å². The summed E-state index contributed by atoms with van der Waals surface area (Å²) >= 11 is 3.35. The molecule has 4 nitrogen and oxygen atoms in total. The van der Waals surface area contributed by atoms with Crippen LogP contribution in [-0.2, 0) is 0 Å². The van der Waals surface area contributed by atoms with Crippen LogP contribution in [0.3, 0.4) is 0 Å². The summed E-state index contributed by atoms with van der Waals surface area (Å²) in [7, 11) is 0. The molecule has 2 aromatic heterocycles. The molecule has 2 unspecified atom stereocenters. The van der Waals surface area contributed by atoms with E-state index in [1.54, 1.807) is 12.4 Å². The molecular formula is C13H15BrN2O2. The molecule has 0 aliphatic carbocycles. The molecule has 5 heteroatoms. The van der Waals surface area contributed by atoms with Gasteiger partial charge in [-0.1, -0.05) is 0 Å². The summed E-state index contributed by atoms with van der Waals surface area (Å²) in [6.07, 6.45) is 3.02. The largest absolute Gasteiger partial charge is 0.479 e. The molecule has 0 saturated heterocycles. The van der Waals surface area contributed by atoms with Gasteiger partial charge in [-0.15, -0.1) is 0 Å². The van der Waals surface area contributed by atoms with Crippen LogP contribution in [0, 0.1) is 6.92 Å². The first-order valence-corrected chi connectivity index (χ1v) is 6.44. The Bertz CT molecular complexity index is 525.